The summed E-state index contributed by atoms with van der Waals surface area (Å²) in [5.74, 6) is 0.580. The molecule has 2 unspecified atom stereocenters. The molecule has 0 N–H and O–H groups in total. The summed E-state index contributed by atoms with van der Waals surface area (Å²) in [6.07, 6.45) is 0.615. The summed E-state index contributed by atoms with van der Waals surface area (Å²) < 4.78 is 13.6. The number of rotatable bonds is 2. The number of aldehydes is 1. The van der Waals surface area contributed by atoms with Gasteiger partial charge in [0.2, 0.25) is 0 Å². The number of halogens is 1. The zero-order valence-corrected chi connectivity index (χ0v) is 10.8. The Morgan fingerprint density at radius 3 is 2.94 bits per heavy atom. The van der Waals surface area contributed by atoms with Gasteiger partial charge in [0, 0.05) is 23.6 Å². The van der Waals surface area contributed by atoms with Gasteiger partial charge in [-0.1, -0.05) is 13.0 Å². The Labute approximate surface area is 105 Å². The summed E-state index contributed by atoms with van der Waals surface area (Å²) in [5.41, 5.74) is 0.901. The average Bonchev–Trinajstić information content (AvgIpc) is 2.32. The van der Waals surface area contributed by atoms with Crippen LogP contribution in [0.1, 0.15) is 24.2 Å². The first kappa shape index (κ1) is 12.4. The minimum Gasteiger partial charge on any atom is -0.366 e. The molecule has 0 radical (unpaired) electrons. The van der Waals surface area contributed by atoms with E-state index in [1.165, 1.54) is 6.07 Å². The lowest BCUT2D eigenvalue weighted by molar-refractivity contribution is 0.112. The van der Waals surface area contributed by atoms with Crippen molar-refractivity contribution in [3.8, 4) is 0 Å². The van der Waals surface area contributed by atoms with Crippen molar-refractivity contribution in [2.24, 2.45) is 0 Å². The van der Waals surface area contributed by atoms with Gasteiger partial charge in [0.25, 0.3) is 0 Å². The lowest BCUT2D eigenvalue weighted by Crippen LogP contribution is -2.45. The maximum Gasteiger partial charge on any atom is 0.155 e. The van der Waals surface area contributed by atoms with Gasteiger partial charge in [-0.2, -0.15) is 11.8 Å². The number of thioether (sulfide) groups is 1. The second-order valence-corrected chi connectivity index (χ2v) is 5.79. The molecule has 2 atom stereocenters. The van der Waals surface area contributed by atoms with Crippen LogP contribution in [0.2, 0.25) is 0 Å². The molecular weight excluding hydrogens is 237 g/mol. The SMILES string of the molecule is CC1SCCN(c2cccc(F)c2C=O)C1C. The first-order valence-electron chi connectivity index (χ1n) is 5.77. The molecule has 0 amide bonds. The molecule has 0 saturated carbocycles. The molecule has 0 aromatic heterocycles. The van der Waals surface area contributed by atoms with Crippen LogP contribution in [0.3, 0.4) is 0 Å². The summed E-state index contributed by atoms with van der Waals surface area (Å²) in [4.78, 5) is 13.1. The molecule has 92 valence electrons. The van der Waals surface area contributed by atoms with Gasteiger partial charge in [-0.25, -0.2) is 4.39 Å². The van der Waals surface area contributed by atoms with Crippen molar-refractivity contribution in [3.63, 3.8) is 0 Å². The zero-order valence-electron chi connectivity index (χ0n) is 10.0. The quantitative estimate of drug-likeness (QED) is 0.756. The molecule has 1 aromatic rings. The van der Waals surface area contributed by atoms with Crippen molar-refractivity contribution in [1.29, 1.82) is 0 Å². The van der Waals surface area contributed by atoms with Crippen molar-refractivity contribution < 1.29 is 9.18 Å². The molecular formula is C13H16FNOS. The minimum absolute atomic E-state index is 0.179. The van der Waals surface area contributed by atoms with Crippen LogP contribution in [-0.4, -0.2) is 29.9 Å². The van der Waals surface area contributed by atoms with E-state index in [9.17, 15) is 9.18 Å². The van der Waals surface area contributed by atoms with E-state index in [2.05, 4.69) is 18.7 Å². The van der Waals surface area contributed by atoms with Gasteiger partial charge in [-0.3, -0.25) is 4.79 Å². The van der Waals surface area contributed by atoms with E-state index in [1.807, 2.05) is 17.8 Å². The maximum atomic E-state index is 13.6. The third-order valence-corrected chi connectivity index (χ3v) is 4.68. The first-order chi connectivity index (χ1) is 8.15. The molecule has 1 heterocycles. The number of carbonyl (C=O) groups excluding carboxylic acids is 1. The Balaban J connectivity index is 2.39. The lowest BCUT2D eigenvalue weighted by atomic mass is 10.1. The van der Waals surface area contributed by atoms with E-state index >= 15 is 0 Å². The summed E-state index contributed by atoms with van der Waals surface area (Å²) in [5, 5.41) is 0.492. The smallest absolute Gasteiger partial charge is 0.155 e. The molecule has 1 aromatic carbocycles. The van der Waals surface area contributed by atoms with E-state index in [1.54, 1.807) is 6.07 Å². The fourth-order valence-electron chi connectivity index (χ4n) is 2.17. The topological polar surface area (TPSA) is 20.3 Å². The predicted octanol–water partition coefficient (Wildman–Crippen LogP) is 2.97. The van der Waals surface area contributed by atoms with Crippen LogP contribution in [0.5, 0.6) is 0 Å². The molecule has 2 nitrogen and oxygen atoms in total. The van der Waals surface area contributed by atoms with Crippen LogP contribution in [0.25, 0.3) is 0 Å². The number of hydrogen-bond donors (Lipinski definition) is 0. The third-order valence-electron chi connectivity index (χ3n) is 3.34. The first-order valence-corrected chi connectivity index (χ1v) is 6.82. The van der Waals surface area contributed by atoms with Crippen molar-refractivity contribution in [2.75, 3.05) is 17.2 Å². The molecule has 0 aliphatic carbocycles. The Morgan fingerprint density at radius 1 is 1.47 bits per heavy atom. The molecule has 0 spiro atoms. The molecule has 17 heavy (non-hydrogen) atoms. The highest BCUT2D eigenvalue weighted by Gasteiger charge is 2.27. The summed E-state index contributed by atoms with van der Waals surface area (Å²) >= 11 is 1.92. The number of hydrogen-bond acceptors (Lipinski definition) is 3. The number of anilines is 1. The van der Waals surface area contributed by atoms with E-state index < -0.39 is 5.82 Å². The van der Waals surface area contributed by atoms with Gasteiger partial charge >= 0.3 is 0 Å². The molecule has 1 aliphatic rings. The van der Waals surface area contributed by atoms with E-state index in [-0.39, 0.29) is 5.56 Å². The molecule has 0 bridgehead atoms. The van der Waals surface area contributed by atoms with Crippen LogP contribution in [0, 0.1) is 5.82 Å². The van der Waals surface area contributed by atoms with Gasteiger partial charge in [0.1, 0.15) is 5.82 Å². The Kier molecular flexibility index (Phi) is 3.72. The molecule has 4 heteroatoms. The highest BCUT2D eigenvalue weighted by Crippen LogP contribution is 2.31. The average molecular weight is 253 g/mol. The van der Waals surface area contributed by atoms with Gasteiger partial charge in [-0.05, 0) is 19.1 Å². The largest absolute Gasteiger partial charge is 0.366 e. The molecule has 1 saturated heterocycles. The predicted molar refractivity (Wildman–Crippen MR) is 70.5 cm³/mol. The van der Waals surface area contributed by atoms with Gasteiger partial charge in [0.05, 0.1) is 11.3 Å². The van der Waals surface area contributed by atoms with E-state index in [0.717, 1.165) is 18.0 Å². The normalized spacial score (nSPS) is 24.8. The summed E-state index contributed by atoms with van der Waals surface area (Å²) in [6, 6.07) is 5.14. The number of benzene rings is 1. The fourth-order valence-corrected chi connectivity index (χ4v) is 3.27. The third kappa shape index (κ3) is 2.32. The lowest BCUT2D eigenvalue weighted by Gasteiger charge is -2.39. The Morgan fingerprint density at radius 2 is 2.24 bits per heavy atom. The van der Waals surface area contributed by atoms with Crippen LogP contribution >= 0.6 is 11.8 Å². The van der Waals surface area contributed by atoms with Crippen molar-refractivity contribution in [1.82, 2.24) is 0 Å². The van der Waals surface area contributed by atoms with Gasteiger partial charge in [-0.15, -0.1) is 0 Å². The van der Waals surface area contributed by atoms with Crippen LogP contribution in [-0.2, 0) is 0 Å². The Hall–Kier alpha value is -1.03. The summed E-state index contributed by atoms with van der Waals surface area (Å²) in [6.45, 7) is 5.15. The number of carbonyl (C=O) groups is 1. The van der Waals surface area contributed by atoms with Crippen LogP contribution < -0.4 is 4.90 Å². The highest BCUT2D eigenvalue weighted by molar-refractivity contribution is 8.00. The van der Waals surface area contributed by atoms with Gasteiger partial charge < -0.3 is 4.90 Å². The highest BCUT2D eigenvalue weighted by atomic mass is 32.2. The Bertz CT molecular complexity index is 424. The van der Waals surface area contributed by atoms with Crippen LogP contribution in [0.4, 0.5) is 10.1 Å². The van der Waals surface area contributed by atoms with Crippen molar-refractivity contribution in [3.05, 3.63) is 29.6 Å². The zero-order chi connectivity index (χ0) is 12.4. The van der Waals surface area contributed by atoms with Gasteiger partial charge in [0.15, 0.2) is 6.29 Å². The summed E-state index contributed by atoms with van der Waals surface area (Å²) in [7, 11) is 0. The van der Waals surface area contributed by atoms with Crippen LogP contribution in [0.15, 0.2) is 18.2 Å². The van der Waals surface area contributed by atoms with E-state index in [0.29, 0.717) is 17.6 Å². The van der Waals surface area contributed by atoms with E-state index in [4.69, 9.17) is 0 Å². The monoisotopic (exact) mass is 253 g/mol. The number of nitrogens with zero attached hydrogens (tertiary/aromatic N) is 1. The molecule has 2 rings (SSSR count). The van der Waals surface area contributed by atoms with Crippen molar-refractivity contribution >= 4 is 23.7 Å². The maximum absolute atomic E-state index is 13.6. The fraction of sp³-hybridized carbons (Fsp3) is 0.462. The second-order valence-electron chi connectivity index (χ2n) is 4.30. The molecule has 1 fully saturated rings. The van der Waals surface area contributed by atoms with Crippen molar-refractivity contribution in [2.45, 2.75) is 25.1 Å². The molecule has 1 aliphatic heterocycles. The standard InChI is InChI=1S/C13H16FNOS/c1-9-10(2)17-7-6-15(9)13-5-3-4-12(14)11(13)8-16/h3-5,8-10H,6-7H2,1-2H3. The minimum atomic E-state index is -0.435. The second kappa shape index (κ2) is 5.08.